The summed E-state index contributed by atoms with van der Waals surface area (Å²) in [6.45, 7) is 5.51. The van der Waals surface area contributed by atoms with E-state index in [0.29, 0.717) is 17.2 Å². The fourth-order valence-corrected chi connectivity index (χ4v) is 3.17. The molecule has 18 heavy (non-hydrogen) atoms. The van der Waals surface area contributed by atoms with Gasteiger partial charge in [-0.3, -0.25) is 4.90 Å². The molecule has 1 N–H and O–H groups in total. The van der Waals surface area contributed by atoms with E-state index in [-0.39, 0.29) is 0 Å². The fraction of sp³-hybridized carbons (Fsp3) is 0.643. The lowest BCUT2D eigenvalue weighted by Crippen LogP contribution is -2.31. The molecule has 2 unspecified atom stereocenters. The van der Waals surface area contributed by atoms with Crippen molar-refractivity contribution in [3.8, 4) is 0 Å². The lowest BCUT2D eigenvalue weighted by atomic mass is 10.2. The van der Waals surface area contributed by atoms with Gasteiger partial charge in [0.25, 0.3) is 0 Å². The Labute approximate surface area is 114 Å². The Morgan fingerprint density at radius 1 is 1.39 bits per heavy atom. The smallest absolute Gasteiger partial charge is 0.129 e. The van der Waals surface area contributed by atoms with Crippen LogP contribution in [-0.4, -0.2) is 34.6 Å². The summed E-state index contributed by atoms with van der Waals surface area (Å²) in [6, 6.07) is 6.00. The number of nitrogens with one attached hydrogen (secondary N) is 1. The van der Waals surface area contributed by atoms with Crippen LogP contribution in [0.2, 0.25) is 5.15 Å². The van der Waals surface area contributed by atoms with Crippen LogP contribution in [0.25, 0.3) is 0 Å². The summed E-state index contributed by atoms with van der Waals surface area (Å²) in [5.41, 5.74) is 2.11. The highest BCUT2D eigenvalue weighted by Crippen LogP contribution is 2.34. The average Bonchev–Trinajstić information content (AvgIpc) is 3.08. The van der Waals surface area contributed by atoms with Crippen LogP contribution in [0.3, 0.4) is 0 Å². The molecule has 3 rings (SSSR count). The maximum atomic E-state index is 5.88. The van der Waals surface area contributed by atoms with E-state index >= 15 is 0 Å². The van der Waals surface area contributed by atoms with Crippen molar-refractivity contribution in [1.82, 2.24) is 9.88 Å². The molecule has 0 bridgehead atoms. The number of nitrogens with zero attached hydrogens (tertiary/aromatic N) is 2. The van der Waals surface area contributed by atoms with Crippen molar-refractivity contribution in [3.63, 3.8) is 0 Å². The van der Waals surface area contributed by atoms with Crippen LogP contribution in [0, 0.1) is 6.92 Å². The molecule has 1 saturated heterocycles. The van der Waals surface area contributed by atoms with Crippen LogP contribution in [0.5, 0.6) is 0 Å². The summed E-state index contributed by atoms with van der Waals surface area (Å²) < 4.78 is 0. The molecule has 2 heterocycles. The SMILES string of the molecule is Cc1nc(Cl)ccc1NC1CC(C)N(C2CC2)C1. The van der Waals surface area contributed by atoms with Gasteiger partial charge < -0.3 is 5.32 Å². The normalized spacial score (nSPS) is 28.6. The topological polar surface area (TPSA) is 28.2 Å². The number of likely N-dealkylation sites (tertiary alicyclic amines) is 1. The molecule has 3 nitrogen and oxygen atoms in total. The van der Waals surface area contributed by atoms with Gasteiger partial charge in [-0.1, -0.05) is 11.6 Å². The summed E-state index contributed by atoms with van der Waals surface area (Å²) in [4.78, 5) is 6.94. The zero-order valence-corrected chi connectivity index (χ0v) is 11.7. The van der Waals surface area contributed by atoms with E-state index in [1.165, 1.54) is 19.3 Å². The quantitative estimate of drug-likeness (QED) is 0.852. The molecule has 0 amide bonds. The van der Waals surface area contributed by atoms with Gasteiger partial charge in [-0.15, -0.1) is 0 Å². The van der Waals surface area contributed by atoms with Crippen molar-refractivity contribution in [1.29, 1.82) is 0 Å². The number of anilines is 1. The Morgan fingerprint density at radius 3 is 2.83 bits per heavy atom. The van der Waals surface area contributed by atoms with Crippen molar-refractivity contribution < 1.29 is 0 Å². The summed E-state index contributed by atoms with van der Waals surface area (Å²) in [5, 5.41) is 4.18. The first-order valence-corrected chi connectivity index (χ1v) is 7.16. The van der Waals surface area contributed by atoms with Crippen molar-refractivity contribution in [2.24, 2.45) is 0 Å². The van der Waals surface area contributed by atoms with Crippen LogP contribution >= 0.6 is 11.6 Å². The average molecular weight is 266 g/mol. The highest BCUT2D eigenvalue weighted by molar-refractivity contribution is 6.29. The molecule has 2 fully saturated rings. The summed E-state index contributed by atoms with van der Waals surface area (Å²) in [7, 11) is 0. The minimum absolute atomic E-state index is 0.544. The van der Waals surface area contributed by atoms with Gasteiger partial charge in [0.05, 0.1) is 11.4 Å². The third-order valence-corrected chi connectivity index (χ3v) is 4.26. The summed E-state index contributed by atoms with van der Waals surface area (Å²) in [6.07, 6.45) is 4.00. The molecule has 0 aromatic carbocycles. The minimum Gasteiger partial charge on any atom is -0.379 e. The molecule has 1 aliphatic heterocycles. The van der Waals surface area contributed by atoms with Crippen molar-refractivity contribution in [2.75, 3.05) is 11.9 Å². The highest BCUT2D eigenvalue weighted by Gasteiger charge is 2.38. The molecular formula is C14H20ClN3. The Balaban J connectivity index is 1.66. The number of pyridine rings is 1. The zero-order chi connectivity index (χ0) is 12.7. The first-order valence-electron chi connectivity index (χ1n) is 6.79. The molecule has 98 valence electrons. The number of hydrogen-bond acceptors (Lipinski definition) is 3. The van der Waals surface area contributed by atoms with Gasteiger partial charge in [0, 0.05) is 24.7 Å². The third-order valence-electron chi connectivity index (χ3n) is 4.05. The van der Waals surface area contributed by atoms with Gasteiger partial charge in [-0.25, -0.2) is 4.98 Å². The second-order valence-electron chi connectivity index (χ2n) is 5.62. The standard InChI is InChI=1S/C14H20ClN3/c1-9-7-11(8-18(9)12-3-4-12)17-13-5-6-14(15)16-10(13)2/h5-6,9,11-12,17H,3-4,7-8H2,1-2H3. The molecule has 0 radical (unpaired) electrons. The molecule has 4 heteroatoms. The zero-order valence-electron chi connectivity index (χ0n) is 11.0. The van der Waals surface area contributed by atoms with Crippen molar-refractivity contribution >= 4 is 17.3 Å². The molecule has 1 aromatic rings. The van der Waals surface area contributed by atoms with Crippen LogP contribution in [0.4, 0.5) is 5.69 Å². The number of halogens is 1. The predicted molar refractivity (Wildman–Crippen MR) is 75.2 cm³/mol. The number of aromatic nitrogens is 1. The second kappa shape index (κ2) is 4.71. The van der Waals surface area contributed by atoms with E-state index in [4.69, 9.17) is 11.6 Å². The van der Waals surface area contributed by atoms with E-state index in [2.05, 4.69) is 22.1 Å². The maximum Gasteiger partial charge on any atom is 0.129 e. The lowest BCUT2D eigenvalue weighted by Gasteiger charge is -2.20. The maximum absolute atomic E-state index is 5.88. The summed E-state index contributed by atoms with van der Waals surface area (Å²) in [5.74, 6) is 0. The highest BCUT2D eigenvalue weighted by atomic mass is 35.5. The van der Waals surface area contributed by atoms with Gasteiger partial charge in [-0.2, -0.15) is 0 Å². The number of hydrogen-bond donors (Lipinski definition) is 1. The van der Waals surface area contributed by atoms with E-state index in [1.54, 1.807) is 0 Å². The Hall–Kier alpha value is -0.800. The minimum atomic E-state index is 0.544. The van der Waals surface area contributed by atoms with Crippen LogP contribution < -0.4 is 5.32 Å². The van der Waals surface area contributed by atoms with Gasteiger partial charge >= 0.3 is 0 Å². The van der Waals surface area contributed by atoms with Gasteiger partial charge in [0.1, 0.15) is 5.15 Å². The molecule has 1 aliphatic carbocycles. The Bertz CT molecular complexity index is 445. The lowest BCUT2D eigenvalue weighted by molar-refractivity contribution is 0.257. The Morgan fingerprint density at radius 2 is 2.17 bits per heavy atom. The van der Waals surface area contributed by atoms with Gasteiger partial charge in [-0.05, 0) is 45.2 Å². The molecular weight excluding hydrogens is 246 g/mol. The third kappa shape index (κ3) is 2.47. The largest absolute Gasteiger partial charge is 0.379 e. The Kier molecular flexibility index (Phi) is 3.20. The molecule has 0 spiro atoms. The van der Waals surface area contributed by atoms with Crippen LogP contribution in [-0.2, 0) is 0 Å². The van der Waals surface area contributed by atoms with Crippen LogP contribution in [0.1, 0.15) is 31.9 Å². The predicted octanol–water partition coefficient (Wildman–Crippen LogP) is 3.08. The van der Waals surface area contributed by atoms with E-state index in [0.717, 1.165) is 24.0 Å². The molecule has 2 atom stereocenters. The second-order valence-corrected chi connectivity index (χ2v) is 6.01. The molecule has 1 aromatic heterocycles. The van der Waals surface area contributed by atoms with Crippen molar-refractivity contribution in [3.05, 3.63) is 23.0 Å². The van der Waals surface area contributed by atoms with E-state index < -0.39 is 0 Å². The molecule has 2 aliphatic rings. The summed E-state index contributed by atoms with van der Waals surface area (Å²) >= 11 is 5.88. The monoisotopic (exact) mass is 265 g/mol. The molecule has 1 saturated carbocycles. The van der Waals surface area contributed by atoms with E-state index in [9.17, 15) is 0 Å². The van der Waals surface area contributed by atoms with Gasteiger partial charge in [0.2, 0.25) is 0 Å². The first kappa shape index (κ1) is 12.2. The fourth-order valence-electron chi connectivity index (χ4n) is 2.98. The van der Waals surface area contributed by atoms with E-state index in [1.807, 2.05) is 19.1 Å². The number of aryl methyl sites for hydroxylation is 1. The van der Waals surface area contributed by atoms with Crippen molar-refractivity contribution in [2.45, 2.75) is 51.2 Å². The first-order chi connectivity index (χ1) is 8.63. The van der Waals surface area contributed by atoms with Gasteiger partial charge in [0.15, 0.2) is 0 Å². The number of rotatable bonds is 3. The van der Waals surface area contributed by atoms with Crippen LogP contribution in [0.15, 0.2) is 12.1 Å².